The van der Waals surface area contributed by atoms with Crippen LogP contribution in [0.1, 0.15) is 35.7 Å². The lowest BCUT2D eigenvalue weighted by Gasteiger charge is -2.13. The summed E-state index contributed by atoms with van der Waals surface area (Å²) in [5.41, 5.74) is 3.22. The second-order valence-corrected chi connectivity index (χ2v) is 4.16. The zero-order valence-electron chi connectivity index (χ0n) is 8.66. The minimum absolute atomic E-state index is 0.493. The number of aromatic nitrogens is 2. The van der Waals surface area contributed by atoms with E-state index in [1.54, 1.807) is 0 Å². The normalized spacial score (nSPS) is 12.9. The van der Waals surface area contributed by atoms with Gasteiger partial charge in [0, 0.05) is 11.4 Å². The molecule has 0 fully saturated rings. The van der Waals surface area contributed by atoms with E-state index in [9.17, 15) is 0 Å². The van der Waals surface area contributed by atoms with Gasteiger partial charge >= 0.3 is 0 Å². The first kappa shape index (κ1) is 10.5. The summed E-state index contributed by atoms with van der Waals surface area (Å²) in [4.78, 5) is 8.85. The van der Waals surface area contributed by atoms with Crippen LogP contribution in [-0.2, 0) is 0 Å². The molecule has 0 saturated heterocycles. The highest BCUT2D eigenvalue weighted by Gasteiger charge is 2.12. The largest absolute Gasteiger partial charge is 0.258 e. The molecule has 0 aliphatic rings. The van der Waals surface area contributed by atoms with Crippen LogP contribution in [0.4, 0.5) is 0 Å². The highest BCUT2D eigenvalue weighted by molar-refractivity contribution is 7.98. The van der Waals surface area contributed by atoms with Crippen LogP contribution in [0.15, 0.2) is 6.20 Å². The Balaban J connectivity index is 3.03. The Morgan fingerprint density at radius 1 is 1.46 bits per heavy atom. The molecule has 72 valence electrons. The van der Waals surface area contributed by atoms with Crippen molar-refractivity contribution < 1.29 is 0 Å². The molecule has 13 heavy (non-hydrogen) atoms. The molecule has 2 nitrogen and oxygen atoms in total. The number of thioether (sulfide) groups is 1. The van der Waals surface area contributed by atoms with Gasteiger partial charge in [0.25, 0.3) is 0 Å². The van der Waals surface area contributed by atoms with Crippen molar-refractivity contribution in [3.8, 4) is 0 Å². The fraction of sp³-hybridized carbons (Fsp3) is 0.600. The summed E-state index contributed by atoms with van der Waals surface area (Å²) in [7, 11) is 0. The van der Waals surface area contributed by atoms with Crippen molar-refractivity contribution in [1.82, 2.24) is 9.97 Å². The van der Waals surface area contributed by atoms with E-state index in [4.69, 9.17) is 0 Å². The van der Waals surface area contributed by atoms with Crippen molar-refractivity contribution >= 4 is 11.8 Å². The van der Waals surface area contributed by atoms with Crippen molar-refractivity contribution in [3.05, 3.63) is 23.3 Å². The summed E-state index contributed by atoms with van der Waals surface area (Å²) < 4.78 is 0. The summed E-state index contributed by atoms with van der Waals surface area (Å²) in [6.07, 6.45) is 5.06. The zero-order chi connectivity index (χ0) is 9.84. The van der Waals surface area contributed by atoms with Crippen molar-refractivity contribution in [2.24, 2.45) is 0 Å². The average molecular weight is 196 g/mol. The van der Waals surface area contributed by atoms with Gasteiger partial charge in [0.15, 0.2) is 0 Å². The SMILES string of the molecule is CCC(SC)c1nc(C)cnc1C. The van der Waals surface area contributed by atoms with E-state index in [1.165, 1.54) is 0 Å². The quantitative estimate of drug-likeness (QED) is 0.743. The number of hydrogen-bond donors (Lipinski definition) is 0. The lowest BCUT2D eigenvalue weighted by atomic mass is 10.2. The maximum atomic E-state index is 4.53. The van der Waals surface area contributed by atoms with Gasteiger partial charge in [-0.3, -0.25) is 9.97 Å². The zero-order valence-corrected chi connectivity index (χ0v) is 9.48. The van der Waals surface area contributed by atoms with Crippen molar-refractivity contribution in [1.29, 1.82) is 0 Å². The standard InChI is InChI=1S/C10H16N2S/c1-5-9(13-4)10-8(3)11-6-7(2)12-10/h6,9H,5H2,1-4H3. The third-order valence-corrected chi connectivity index (χ3v) is 3.20. The molecule has 1 heterocycles. The highest BCUT2D eigenvalue weighted by Crippen LogP contribution is 2.29. The molecule has 0 bridgehead atoms. The van der Waals surface area contributed by atoms with E-state index in [0.29, 0.717) is 5.25 Å². The monoisotopic (exact) mass is 196 g/mol. The number of nitrogens with zero attached hydrogens (tertiary/aromatic N) is 2. The van der Waals surface area contributed by atoms with Gasteiger partial charge in [-0.1, -0.05) is 6.92 Å². The molecule has 0 spiro atoms. The first-order valence-corrected chi connectivity index (χ1v) is 5.80. The van der Waals surface area contributed by atoms with E-state index >= 15 is 0 Å². The minimum atomic E-state index is 0.493. The molecule has 1 atom stereocenters. The van der Waals surface area contributed by atoms with E-state index in [2.05, 4.69) is 23.1 Å². The molecule has 1 unspecified atom stereocenters. The van der Waals surface area contributed by atoms with Crippen LogP contribution in [0.3, 0.4) is 0 Å². The molecule has 0 N–H and O–H groups in total. The Morgan fingerprint density at radius 3 is 2.69 bits per heavy atom. The first-order valence-electron chi connectivity index (χ1n) is 4.52. The molecule has 1 rings (SSSR count). The summed E-state index contributed by atoms with van der Waals surface area (Å²) in [6.45, 7) is 6.20. The Morgan fingerprint density at radius 2 is 2.15 bits per heavy atom. The Labute approximate surface area is 84.2 Å². The molecule has 0 aliphatic heterocycles. The third-order valence-electron chi connectivity index (χ3n) is 2.07. The maximum Gasteiger partial charge on any atom is 0.0748 e. The Kier molecular flexibility index (Phi) is 3.72. The Hall–Kier alpha value is -0.570. The second kappa shape index (κ2) is 4.61. The van der Waals surface area contributed by atoms with Gasteiger partial charge < -0.3 is 0 Å². The smallest absolute Gasteiger partial charge is 0.0748 e. The first-order chi connectivity index (χ1) is 6.19. The second-order valence-electron chi connectivity index (χ2n) is 3.11. The fourth-order valence-corrected chi connectivity index (χ4v) is 2.11. The summed E-state index contributed by atoms with van der Waals surface area (Å²) in [6, 6.07) is 0. The molecule has 1 aromatic rings. The van der Waals surface area contributed by atoms with Crippen LogP contribution in [-0.4, -0.2) is 16.2 Å². The molecule has 0 aliphatic carbocycles. The molecule has 0 amide bonds. The fourth-order valence-electron chi connectivity index (χ4n) is 1.33. The molecule has 3 heteroatoms. The van der Waals surface area contributed by atoms with Crippen molar-refractivity contribution in [3.63, 3.8) is 0 Å². The molecule has 0 radical (unpaired) electrons. The molecular formula is C10H16N2S. The van der Waals surface area contributed by atoms with Gasteiger partial charge in [-0.15, -0.1) is 0 Å². The molecular weight excluding hydrogens is 180 g/mol. The van der Waals surface area contributed by atoms with Gasteiger partial charge in [-0.2, -0.15) is 11.8 Å². The lowest BCUT2D eigenvalue weighted by Crippen LogP contribution is -2.02. The summed E-state index contributed by atoms with van der Waals surface area (Å²) >= 11 is 1.84. The van der Waals surface area contributed by atoms with Crippen LogP contribution in [0, 0.1) is 13.8 Å². The maximum absolute atomic E-state index is 4.53. The van der Waals surface area contributed by atoms with Crippen molar-refractivity contribution in [2.75, 3.05) is 6.26 Å². The molecule has 0 aromatic carbocycles. The van der Waals surface area contributed by atoms with E-state index in [1.807, 2.05) is 31.8 Å². The predicted molar refractivity (Wildman–Crippen MR) is 58.1 cm³/mol. The number of aryl methyl sites for hydroxylation is 2. The van der Waals surface area contributed by atoms with Crippen LogP contribution < -0.4 is 0 Å². The van der Waals surface area contributed by atoms with Gasteiger partial charge in [-0.25, -0.2) is 0 Å². The number of hydrogen-bond acceptors (Lipinski definition) is 3. The highest BCUT2D eigenvalue weighted by atomic mass is 32.2. The third kappa shape index (κ3) is 2.44. The number of rotatable bonds is 3. The van der Waals surface area contributed by atoms with E-state index < -0.39 is 0 Å². The predicted octanol–water partition coefficient (Wildman–Crippen LogP) is 2.91. The average Bonchev–Trinajstić information content (AvgIpc) is 2.13. The topological polar surface area (TPSA) is 25.8 Å². The van der Waals surface area contributed by atoms with Gasteiger partial charge in [0.2, 0.25) is 0 Å². The van der Waals surface area contributed by atoms with Gasteiger partial charge in [0.05, 0.1) is 17.1 Å². The molecule has 0 saturated carbocycles. The van der Waals surface area contributed by atoms with Gasteiger partial charge in [-0.05, 0) is 26.5 Å². The van der Waals surface area contributed by atoms with Crippen LogP contribution >= 0.6 is 11.8 Å². The van der Waals surface area contributed by atoms with E-state index in [0.717, 1.165) is 23.5 Å². The van der Waals surface area contributed by atoms with Crippen LogP contribution in [0.25, 0.3) is 0 Å². The van der Waals surface area contributed by atoms with Crippen LogP contribution in [0.2, 0.25) is 0 Å². The van der Waals surface area contributed by atoms with Crippen LogP contribution in [0.5, 0.6) is 0 Å². The van der Waals surface area contributed by atoms with Gasteiger partial charge in [0.1, 0.15) is 0 Å². The summed E-state index contributed by atoms with van der Waals surface area (Å²) in [5, 5.41) is 0.493. The molecule has 1 aromatic heterocycles. The Bertz CT molecular complexity index is 282. The minimum Gasteiger partial charge on any atom is -0.258 e. The lowest BCUT2D eigenvalue weighted by molar-refractivity contribution is 0.823. The van der Waals surface area contributed by atoms with E-state index in [-0.39, 0.29) is 0 Å². The summed E-state index contributed by atoms with van der Waals surface area (Å²) in [5.74, 6) is 0. The van der Waals surface area contributed by atoms with Crippen molar-refractivity contribution in [2.45, 2.75) is 32.4 Å².